The van der Waals surface area contributed by atoms with E-state index in [0.29, 0.717) is 11.1 Å². The van der Waals surface area contributed by atoms with E-state index in [-0.39, 0.29) is 26.8 Å². The number of hydrogen-bond acceptors (Lipinski definition) is 6. The quantitative estimate of drug-likeness (QED) is 0.466. The molecule has 12 heteroatoms. The molecule has 0 amide bonds. The largest absolute Gasteiger partial charge is 0.573 e. The number of aromatic hydroxyl groups is 1. The standard InChI is InChI=1S/C18H11BrF3N3O5/c1-7-10-14-11(13(26)12(19)17(28)29-14)16(27)25(15(10)24(2)23-7)8-3-5-9(6-4-8)30-18(20,21)22/h3-6,26H,1-2H3. The lowest BCUT2D eigenvalue weighted by Gasteiger charge is -2.13. The lowest BCUT2D eigenvalue weighted by atomic mass is 10.1. The van der Waals surface area contributed by atoms with Crippen LogP contribution < -0.4 is 15.9 Å². The second-order valence-corrected chi connectivity index (χ2v) is 7.14. The van der Waals surface area contributed by atoms with Crippen molar-refractivity contribution in [2.24, 2.45) is 7.05 Å². The maximum Gasteiger partial charge on any atom is 0.573 e. The predicted molar refractivity (Wildman–Crippen MR) is 103 cm³/mol. The zero-order valence-electron chi connectivity index (χ0n) is 15.2. The van der Waals surface area contributed by atoms with Gasteiger partial charge in [0.15, 0.2) is 11.3 Å². The lowest BCUT2D eigenvalue weighted by Crippen LogP contribution is -2.22. The second kappa shape index (κ2) is 6.62. The SMILES string of the molecule is Cc1nn(C)c2c1c1oc(=O)c(Br)c(O)c1c(=O)n2-c1ccc(OC(F)(F)F)cc1. The lowest BCUT2D eigenvalue weighted by molar-refractivity contribution is -0.274. The number of nitrogens with zero attached hydrogens (tertiary/aromatic N) is 3. The van der Waals surface area contributed by atoms with Crippen molar-refractivity contribution < 1.29 is 27.4 Å². The van der Waals surface area contributed by atoms with Crippen LogP contribution in [0.25, 0.3) is 27.7 Å². The van der Waals surface area contributed by atoms with Gasteiger partial charge in [0.25, 0.3) is 5.56 Å². The molecule has 4 rings (SSSR count). The fraction of sp³-hybridized carbons (Fsp3) is 0.167. The van der Waals surface area contributed by atoms with Crippen LogP contribution in [0, 0.1) is 6.92 Å². The Hall–Kier alpha value is -3.28. The molecule has 0 atom stereocenters. The Bertz CT molecular complexity index is 1440. The second-order valence-electron chi connectivity index (χ2n) is 6.35. The van der Waals surface area contributed by atoms with Crippen LogP contribution in [0.4, 0.5) is 13.2 Å². The van der Waals surface area contributed by atoms with Crippen LogP contribution >= 0.6 is 15.9 Å². The third-order valence-electron chi connectivity index (χ3n) is 4.42. The van der Waals surface area contributed by atoms with Crippen molar-refractivity contribution in [3.8, 4) is 17.2 Å². The van der Waals surface area contributed by atoms with Crippen LogP contribution in [-0.4, -0.2) is 25.8 Å². The molecule has 0 fully saturated rings. The minimum Gasteiger partial charge on any atom is -0.506 e. The summed E-state index contributed by atoms with van der Waals surface area (Å²) in [5, 5.41) is 14.7. The van der Waals surface area contributed by atoms with Crippen LogP contribution in [0.1, 0.15) is 5.69 Å². The summed E-state index contributed by atoms with van der Waals surface area (Å²) in [6.45, 7) is 1.62. The highest BCUT2D eigenvalue weighted by Gasteiger charge is 2.31. The highest BCUT2D eigenvalue weighted by Crippen LogP contribution is 2.34. The van der Waals surface area contributed by atoms with Crippen LogP contribution in [-0.2, 0) is 7.05 Å². The van der Waals surface area contributed by atoms with Crippen LogP contribution in [0.15, 0.2) is 42.7 Å². The number of ether oxygens (including phenoxy) is 1. The Morgan fingerprint density at radius 2 is 1.80 bits per heavy atom. The van der Waals surface area contributed by atoms with Gasteiger partial charge in [-0.15, -0.1) is 13.2 Å². The van der Waals surface area contributed by atoms with E-state index >= 15 is 0 Å². The summed E-state index contributed by atoms with van der Waals surface area (Å²) in [5.74, 6) is -1.07. The molecule has 0 aliphatic rings. The molecule has 0 aliphatic heterocycles. The van der Waals surface area contributed by atoms with E-state index in [9.17, 15) is 27.9 Å². The van der Waals surface area contributed by atoms with Gasteiger partial charge in [-0.25, -0.2) is 4.79 Å². The minimum atomic E-state index is -4.86. The van der Waals surface area contributed by atoms with Crippen LogP contribution in [0.5, 0.6) is 11.5 Å². The van der Waals surface area contributed by atoms with E-state index < -0.39 is 29.0 Å². The van der Waals surface area contributed by atoms with Gasteiger partial charge in [0.05, 0.1) is 16.8 Å². The van der Waals surface area contributed by atoms with Gasteiger partial charge in [-0.2, -0.15) is 5.10 Å². The van der Waals surface area contributed by atoms with Gasteiger partial charge in [-0.05, 0) is 47.1 Å². The summed E-state index contributed by atoms with van der Waals surface area (Å²) in [6, 6.07) is 4.60. The Balaban J connectivity index is 2.11. The summed E-state index contributed by atoms with van der Waals surface area (Å²) >= 11 is 2.89. The Kier molecular flexibility index (Phi) is 4.42. The highest BCUT2D eigenvalue weighted by atomic mass is 79.9. The van der Waals surface area contributed by atoms with E-state index in [1.54, 1.807) is 14.0 Å². The zero-order valence-corrected chi connectivity index (χ0v) is 16.8. The maximum atomic E-state index is 13.3. The Morgan fingerprint density at radius 1 is 1.17 bits per heavy atom. The van der Waals surface area contributed by atoms with Gasteiger partial charge in [0, 0.05) is 7.05 Å². The van der Waals surface area contributed by atoms with Crippen molar-refractivity contribution in [2.45, 2.75) is 13.3 Å². The van der Waals surface area contributed by atoms with Gasteiger partial charge in [-0.1, -0.05) is 0 Å². The van der Waals surface area contributed by atoms with Gasteiger partial charge >= 0.3 is 12.0 Å². The summed E-state index contributed by atoms with van der Waals surface area (Å²) in [6.07, 6.45) is -4.86. The van der Waals surface area contributed by atoms with E-state index in [0.717, 1.165) is 16.7 Å². The van der Waals surface area contributed by atoms with Crippen molar-refractivity contribution in [1.82, 2.24) is 14.3 Å². The van der Waals surface area contributed by atoms with E-state index in [2.05, 4.69) is 25.8 Å². The van der Waals surface area contributed by atoms with E-state index in [4.69, 9.17) is 4.42 Å². The molecular formula is C18H11BrF3N3O5. The van der Waals surface area contributed by atoms with Crippen molar-refractivity contribution in [1.29, 1.82) is 0 Å². The number of pyridine rings is 1. The molecule has 4 aromatic rings. The van der Waals surface area contributed by atoms with Crippen molar-refractivity contribution in [2.75, 3.05) is 0 Å². The maximum absolute atomic E-state index is 13.3. The molecule has 0 saturated carbocycles. The van der Waals surface area contributed by atoms with Gasteiger partial charge in [0.1, 0.15) is 21.3 Å². The number of aryl methyl sites for hydroxylation is 2. The normalized spacial score (nSPS) is 12.1. The summed E-state index contributed by atoms with van der Waals surface area (Å²) in [7, 11) is 1.55. The monoisotopic (exact) mass is 485 g/mol. The van der Waals surface area contributed by atoms with Crippen molar-refractivity contribution >= 4 is 37.9 Å². The number of halogens is 4. The van der Waals surface area contributed by atoms with Crippen molar-refractivity contribution in [3.05, 3.63) is 55.2 Å². The van der Waals surface area contributed by atoms with Crippen LogP contribution in [0.3, 0.4) is 0 Å². The number of hydrogen-bond donors (Lipinski definition) is 1. The van der Waals surface area contributed by atoms with Gasteiger partial charge in [-0.3, -0.25) is 14.0 Å². The Morgan fingerprint density at radius 3 is 2.40 bits per heavy atom. The van der Waals surface area contributed by atoms with E-state index in [1.165, 1.54) is 16.8 Å². The van der Waals surface area contributed by atoms with Gasteiger partial charge < -0.3 is 14.3 Å². The van der Waals surface area contributed by atoms with E-state index in [1.807, 2.05) is 0 Å². The molecule has 156 valence electrons. The molecule has 0 aliphatic carbocycles. The van der Waals surface area contributed by atoms with Crippen molar-refractivity contribution in [3.63, 3.8) is 0 Å². The summed E-state index contributed by atoms with van der Waals surface area (Å²) < 4.78 is 48.6. The average molecular weight is 486 g/mol. The fourth-order valence-electron chi connectivity index (χ4n) is 3.29. The van der Waals surface area contributed by atoms with Gasteiger partial charge in [0.2, 0.25) is 0 Å². The fourth-order valence-corrected chi connectivity index (χ4v) is 3.57. The molecule has 0 spiro atoms. The molecule has 3 aromatic heterocycles. The first-order valence-electron chi connectivity index (χ1n) is 8.29. The first kappa shape index (κ1) is 20.0. The molecule has 0 bridgehead atoms. The average Bonchev–Trinajstić information content (AvgIpc) is 2.94. The number of benzene rings is 1. The summed E-state index contributed by atoms with van der Waals surface area (Å²) in [4.78, 5) is 25.3. The molecule has 30 heavy (non-hydrogen) atoms. The first-order chi connectivity index (χ1) is 14.0. The zero-order chi connectivity index (χ0) is 22.0. The minimum absolute atomic E-state index is 0.139. The smallest absolute Gasteiger partial charge is 0.506 e. The molecule has 0 radical (unpaired) electrons. The number of rotatable bonds is 2. The number of alkyl halides is 3. The Labute approximate surface area is 172 Å². The molecule has 1 N–H and O–H groups in total. The molecule has 8 nitrogen and oxygen atoms in total. The molecular weight excluding hydrogens is 475 g/mol. The topological polar surface area (TPSA) is 99.5 Å². The highest BCUT2D eigenvalue weighted by molar-refractivity contribution is 9.10. The molecule has 0 saturated heterocycles. The molecule has 1 aromatic carbocycles. The first-order valence-corrected chi connectivity index (χ1v) is 9.08. The third-order valence-corrected chi connectivity index (χ3v) is 5.12. The molecule has 3 heterocycles. The summed E-state index contributed by atoms with van der Waals surface area (Å²) in [5.41, 5.74) is -0.958. The predicted octanol–water partition coefficient (Wildman–Crippen LogP) is 3.51. The number of aromatic nitrogens is 3. The third kappa shape index (κ3) is 3.03. The van der Waals surface area contributed by atoms with Crippen LogP contribution in [0.2, 0.25) is 0 Å². The molecule has 0 unspecified atom stereocenters. The number of fused-ring (bicyclic) bond motifs is 3.